The first-order valence-corrected chi connectivity index (χ1v) is 10.4. The van der Waals surface area contributed by atoms with Crippen molar-refractivity contribution in [2.24, 2.45) is 17.3 Å². The summed E-state index contributed by atoms with van der Waals surface area (Å²) in [6, 6.07) is 6.17. The van der Waals surface area contributed by atoms with Gasteiger partial charge in [0.15, 0.2) is 0 Å². The van der Waals surface area contributed by atoms with Crippen LogP contribution >= 0.6 is 43.2 Å². The normalized spacial score (nSPS) is 20.5. The number of carbonyl (C=O) groups is 1. The van der Waals surface area contributed by atoms with Crippen molar-refractivity contribution in [3.63, 3.8) is 0 Å². The van der Waals surface area contributed by atoms with Crippen molar-refractivity contribution >= 4 is 49.2 Å². The van der Waals surface area contributed by atoms with Gasteiger partial charge in [0.25, 0.3) is 0 Å². The maximum atomic E-state index is 14.7. The Morgan fingerprint density at radius 1 is 1.31 bits per heavy atom. The summed E-state index contributed by atoms with van der Waals surface area (Å²) in [5.41, 5.74) is -0.167. The SMILES string of the molecule is CC1(C)C(C=C(Br)Br)C1C(=O)OCc1c(F)ccc(-c2cccs2)c1F. The van der Waals surface area contributed by atoms with E-state index >= 15 is 0 Å². The third-order valence-corrected chi connectivity index (χ3v) is 6.23. The van der Waals surface area contributed by atoms with Gasteiger partial charge < -0.3 is 4.74 Å². The first kappa shape index (κ1) is 19.7. The maximum absolute atomic E-state index is 14.7. The molecule has 0 N–H and O–H groups in total. The summed E-state index contributed by atoms with van der Waals surface area (Å²) in [6.07, 6.45) is 1.89. The van der Waals surface area contributed by atoms with Crippen molar-refractivity contribution in [1.29, 1.82) is 0 Å². The summed E-state index contributed by atoms with van der Waals surface area (Å²) in [6.45, 7) is 3.50. The van der Waals surface area contributed by atoms with Crippen LogP contribution in [-0.2, 0) is 16.1 Å². The van der Waals surface area contributed by atoms with Crippen LogP contribution in [0.1, 0.15) is 19.4 Å². The number of halogens is 4. The molecule has 1 aromatic carbocycles. The van der Waals surface area contributed by atoms with E-state index in [0.29, 0.717) is 10.4 Å². The minimum atomic E-state index is -0.717. The van der Waals surface area contributed by atoms with Crippen LogP contribution < -0.4 is 0 Å². The van der Waals surface area contributed by atoms with E-state index in [4.69, 9.17) is 4.74 Å². The predicted molar refractivity (Wildman–Crippen MR) is 106 cm³/mol. The monoisotopic (exact) mass is 504 g/mol. The molecular weight excluding hydrogens is 490 g/mol. The van der Waals surface area contributed by atoms with Crippen molar-refractivity contribution < 1.29 is 18.3 Å². The summed E-state index contributed by atoms with van der Waals surface area (Å²) in [7, 11) is 0. The molecule has 1 aliphatic rings. The fourth-order valence-corrected chi connectivity index (χ4v) is 4.47. The zero-order valence-electron chi connectivity index (χ0n) is 14.1. The lowest BCUT2D eigenvalue weighted by molar-refractivity contribution is -0.147. The van der Waals surface area contributed by atoms with E-state index < -0.39 is 24.2 Å². The topological polar surface area (TPSA) is 26.3 Å². The highest BCUT2D eigenvalue weighted by Gasteiger charge is 2.61. The van der Waals surface area contributed by atoms with E-state index in [1.54, 1.807) is 12.1 Å². The highest BCUT2D eigenvalue weighted by molar-refractivity contribution is 9.28. The average molecular weight is 506 g/mol. The van der Waals surface area contributed by atoms with Gasteiger partial charge >= 0.3 is 5.97 Å². The number of benzene rings is 1. The second kappa shape index (κ2) is 7.52. The fourth-order valence-electron chi connectivity index (χ4n) is 3.16. The second-order valence-corrected chi connectivity index (χ2v) is 10.5. The Labute approximate surface area is 171 Å². The van der Waals surface area contributed by atoms with Gasteiger partial charge in [-0.25, -0.2) is 8.78 Å². The van der Waals surface area contributed by atoms with Crippen molar-refractivity contribution in [3.05, 3.63) is 56.3 Å². The third-order valence-electron chi connectivity index (χ3n) is 4.80. The molecule has 2 nitrogen and oxygen atoms in total. The van der Waals surface area contributed by atoms with E-state index in [0.717, 1.165) is 3.39 Å². The summed E-state index contributed by atoms with van der Waals surface area (Å²) < 4.78 is 34.8. The molecule has 2 atom stereocenters. The van der Waals surface area contributed by atoms with Crippen molar-refractivity contribution in [2.45, 2.75) is 20.5 Å². The van der Waals surface area contributed by atoms with Crippen LogP contribution in [0.25, 0.3) is 10.4 Å². The van der Waals surface area contributed by atoms with Gasteiger partial charge in [-0.3, -0.25) is 4.79 Å². The molecule has 0 aliphatic heterocycles. The van der Waals surface area contributed by atoms with Gasteiger partial charge in [0, 0.05) is 10.4 Å². The molecule has 1 aliphatic carbocycles. The Hall–Kier alpha value is -1.05. The number of allylic oxidation sites excluding steroid dienone is 1. The number of ether oxygens (including phenoxy) is 1. The van der Waals surface area contributed by atoms with Gasteiger partial charge in [0.05, 0.1) is 14.9 Å². The van der Waals surface area contributed by atoms with Crippen LogP contribution in [0.2, 0.25) is 0 Å². The van der Waals surface area contributed by atoms with Crippen molar-refractivity contribution in [1.82, 2.24) is 0 Å². The molecule has 1 heterocycles. The molecule has 138 valence electrons. The molecule has 1 saturated carbocycles. The molecule has 0 bridgehead atoms. The van der Waals surface area contributed by atoms with Crippen LogP contribution in [0, 0.1) is 28.9 Å². The van der Waals surface area contributed by atoms with Gasteiger partial charge in [0.2, 0.25) is 0 Å². The zero-order chi connectivity index (χ0) is 19.1. The first-order valence-electron chi connectivity index (χ1n) is 7.93. The summed E-state index contributed by atoms with van der Waals surface area (Å²) in [5.74, 6) is -2.17. The molecule has 2 unspecified atom stereocenters. The van der Waals surface area contributed by atoms with Gasteiger partial charge in [0.1, 0.15) is 18.2 Å². The number of thiophene rings is 1. The van der Waals surface area contributed by atoms with Gasteiger partial charge in [-0.15, -0.1) is 11.3 Å². The van der Waals surface area contributed by atoms with Crippen LogP contribution in [0.5, 0.6) is 0 Å². The van der Waals surface area contributed by atoms with Crippen LogP contribution in [0.4, 0.5) is 8.78 Å². The Morgan fingerprint density at radius 2 is 2.04 bits per heavy atom. The predicted octanol–water partition coefficient (Wildman–Crippen LogP) is 6.64. The van der Waals surface area contributed by atoms with Gasteiger partial charge in [-0.2, -0.15) is 0 Å². The molecule has 1 aromatic heterocycles. The maximum Gasteiger partial charge on any atom is 0.310 e. The lowest BCUT2D eigenvalue weighted by atomic mass is 10.1. The molecule has 1 fully saturated rings. The Balaban J connectivity index is 1.75. The van der Waals surface area contributed by atoms with Crippen LogP contribution in [-0.4, -0.2) is 5.97 Å². The van der Waals surface area contributed by atoms with Gasteiger partial charge in [-0.1, -0.05) is 26.0 Å². The first-order chi connectivity index (χ1) is 12.2. The third kappa shape index (κ3) is 3.80. The Kier molecular flexibility index (Phi) is 5.70. The number of hydrogen-bond donors (Lipinski definition) is 0. The molecule has 0 radical (unpaired) electrons. The highest BCUT2D eigenvalue weighted by atomic mass is 79.9. The standard InChI is InChI=1S/C19H16Br2F2O2S/c1-19(2)12(8-15(20)21)16(19)18(24)25-9-11-13(22)6-5-10(17(11)23)14-4-3-7-26-14/h3-8,12,16H,9H2,1-2H3. The highest BCUT2D eigenvalue weighted by Crippen LogP contribution is 2.60. The largest absolute Gasteiger partial charge is 0.460 e. The smallest absolute Gasteiger partial charge is 0.310 e. The summed E-state index contributed by atoms with van der Waals surface area (Å²) in [5, 5.41) is 1.82. The van der Waals surface area contributed by atoms with Gasteiger partial charge in [-0.05, 0) is 66.8 Å². The Morgan fingerprint density at radius 3 is 2.65 bits per heavy atom. The summed E-state index contributed by atoms with van der Waals surface area (Å²) >= 11 is 7.95. The quantitative estimate of drug-likeness (QED) is 0.426. The van der Waals surface area contributed by atoms with Crippen molar-refractivity contribution in [2.75, 3.05) is 0 Å². The average Bonchev–Trinajstić information content (AvgIpc) is 2.92. The second-order valence-electron chi connectivity index (χ2n) is 6.75. The zero-order valence-corrected chi connectivity index (χ0v) is 18.1. The van der Waals surface area contributed by atoms with E-state index in [2.05, 4.69) is 31.9 Å². The molecule has 2 aromatic rings. The number of hydrogen-bond acceptors (Lipinski definition) is 3. The van der Waals surface area contributed by atoms with Crippen molar-refractivity contribution in [3.8, 4) is 10.4 Å². The van der Waals surface area contributed by atoms with E-state index in [1.807, 2.05) is 25.3 Å². The number of esters is 1. The molecule has 0 saturated heterocycles. The van der Waals surface area contributed by atoms with Crippen LogP contribution in [0.15, 0.2) is 39.1 Å². The molecule has 7 heteroatoms. The lowest BCUT2D eigenvalue weighted by Crippen LogP contribution is -2.12. The van der Waals surface area contributed by atoms with E-state index in [1.165, 1.54) is 23.5 Å². The number of rotatable bonds is 5. The summed E-state index contributed by atoms with van der Waals surface area (Å²) in [4.78, 5) is 13.1. The molecular formula is C19H16Br2F2O2S. The molecule has 0 spiro atoms. The lowest BCUT2D eigenvalue weighted by Gasteiger charge is -2.10. The minimum Gasteiger partial charge on any atom is -0.460 e. The van der Waals surface area contributed by atoms with E-state index in [9.17, 15) is 13.6 Å². The molecule has 3 rings (SSSR count). The fraction of sp³-hybridized carbons (Fsp3) is 0.316. The molecule has 0 amide bonds. The van der Waals surface area contributed by atoms with E-state index in [-0.39, 0.29) is 22.8 Å². The number of carbonyl (C=O) groups excluding carboxylic acids is 1. The van der Waals surface area contributed by atoms with Crippen LogP contribution in [0.3, 0.4) is 0 Å². The molecule has 26 heavy (non-hydrogen) atoms. The Bertz CT molecular complexity index is 859. The minimum absolute atomic E-state index is 0.0101.